The van der Waals surface area contributed by atoms with Crippen LogP contribution in [0.4, 0.5) is 0 Å². The number of esters is 3. The molecule has 0 fully saturated rings. The molecule has 0 bridgehead atoms. The van der Waals surface area contributed by atoms with Crippen molar-refractivity contribution < 1.29 is 28.6 Å². The third-order valence-corrected chi connectivity index (χ3v) is 11.6. The first-order valence-electron chi connectivity index (χ1n) is 26.7. The predicted molar refractivity (Wildman–Crippen MR) is 265 cm³/mol. The second-order valence-electron chi connectivity index (χ2n) is 17.8. The molecule has 0 aliphatic heterocycles. The third-order valence-electron chi connectivity index (χ3n) is 11.6. The third kappa shape index (κ3) is 48.4. The van der Waals surface area contributed by atoms with Crippen LogP contribution in [0.5, 0.6) is 0 Å². The largest absolute Gasteiger partial charge is 0.462 e. The maximum absolute atomic E-state index is 12.8. The average molecular weight is 869 g/mol. The van der Waals surface area contributed by atoms with Gasteiger partial charge < -0.3 is 14.2 Å². The van der Waals surface area contributed by atoms with E-state index in [0.717, 1.165) is 70.6 Å². The second-order valence-corrected chi connectivity index (χ2v) is 17.8. The summed E-state index contributed by atoms with van der Waals surface area (Å²) in [5.74, 6) is -0.904. The molecule has 0 saturated carbocycles. The molecule has 0 aromatic rings. The van der Waals surface area contributed by atoms with Crippen LogP contribution in [0.1, 0.15) is 271 Å². The Morgan fingerprint density at radius 1 is 0.323 bits per heavy atom. The smallest absolute Gasteiger partial charge is 0.306 e. The van der Waals surface area contributed by atoms with Crippen molar-refractivity contribution >= 4 is 17.9 Å². The first-order chi connectivity index (χ1) is 30.5. The number of rotatable bonds is 48. The molecule has 62 heavy (non-hydrogen) atoms. The summed E-state index contributed by atoms with van der Waals surface area (Å²) in [5.41, 5.74) is 0. The number of hydrogen-bond donors (Lipinski definition) is 0. The minimum atomic E-state index is -0.781. The van der Waals surface area contributed by atoms with Gasteiger partial charge in [0, 0.05) is 19.3 Å². The molecule has 0 aliphatic rings. The molecule has 0 amide bonds. The Kier molecular flexibility index (Phi) is 48.8. The van der Waals surface area contributed by atoms with Crippen LogP contribution in [0.15, 0.2) is 48.6 Å². The fraction of sp³-hybridized carbons (Fsp3) is 0.804. The molecule has 1 atom stereocenters. The summed E-state index contributed by atoms with van der Waals surface area (Å²) in [6, 6.07) is 0. The van der Waals surface area contributed by atoms with Gasteiger partial charge in [0.25, 0.3) is 0 Å². The first-order valence-corrected chi connectivity index (χ1v) is 26.7. The van der Waals surface area contributed by atoms with E-state index in [1.165, 1.54) is 161 Å². The van der Waals surface area contributed by atoms with Gasteiger partial charge in [-0.25, -0.2) is 0 Å². The maximum Gasteiger partial charge on any atom is 0.306 e. The molecular formula is C56H100O6. The van der Waals surface area contributed by atoms with Gasteiger partial charge in [-0.15, -0.1) is 0 Å². The molecule has 0 heterocycles. The standard InChI is InChI=1S/C56H100O6/c1-4-7-10-13-16-19-22-24-26-27-28-29-30-32-34-37-40-43-46-49-55(58)61-52-53(51-60-54(57)48-45-42-39-36-33-21-18-15-12-9-6-3)62-56(59)50-47-44-41-38-35-31-25-23-20-17-14-11-8-5-2/h15-16,18-19,21-22,24,33,53H,4-14,17,20,23,25-32,34-52H2,1-3H3/b18-15-,19-16-,24-22-,33-21-. The molecule has 0 spiro atoms. The number of carbonyl (C=O) groups is 3. The summed E-state index contributed by atoms with van der Waals surface area (Å²) < 4.78 is 16.8. The van der Waals surface area contributed by atoms with Gasteiger partial charge in [0.1, 0.15) is 13.2 Å². The summed E-state index contributed by atoms with van der Waals surface area (Å²) in [4.78, 5) is 38.0. The Morgan fingerprint density at radius 2 is 0.581 bits per heavy atom. The molecular weight excluding hydrogens is 769 g/mol. The van der Waals surface area contributed by atoms with E-state index in [-0.39, 0.29) is 31.1 Å². The van der Waals surface area contributed by atoms with Crippen LogP contribution in [0.3, 0.4) is 0 Å². The van der Waals surface area contributed by atoms with E-state index in [1.54, 1.807) is 0 Å². The van der Waals surface area contributed by atoms with Crippen LogP contribution in [-0.2, 0) is 28.6 Å². The number of allylic oxidation sites excluding steroid dienone is 8. The number of ether oxygens (including phenoxy) is 3. The zero-order chi connectivity index (χ0) is 45.1. The first kappa shape index (κ1) is 59.4. The summed E-state index contributed by atoms with van der Waals surface area (Å²) in [6.07, 6.45) is 61.0. The lowest BCUT2D eigenvalue weighted by molar-refractivity contribution is -0.167. The molecule has 0 radical (unpaired) electrons. The summed E-state index contributed by atoms with van der Waals surface area (Å²) in [7, 11) is 0. The summed E-state index contributed by atoms with van der Waals surface area (Å²) in [5, 5.41) is 0. The van der Waals surface area contributed by atoms with Crippen LogP contribution in [0, 0.1) is 0 Å². The molecule has 0 rings (SSSR count). The van der Waals surface area contributed by atoms with E-state index in [1.807, 2.05) is 0 Å². The molecule has 6 nitrogen and oxygen atoms in total. The Morgan fingerprint density at radius 3 is 0.952 bits per heavy atom. The van der Waals surface area contributed by atoms with Crippen LogP contribution in [0.2, 0.25) is 0 Å². The van der Waals surface area contributed by atoms with Crippen molar-refractivity contribution in [1.82, 2.24) is 0 Å². The normalized spacial score (nSPS) is 12.4. The topological polar surface area (TPSA) is 78.9 Å². The SMILES string of the molecule is CCCC/C=C\C=C/CCCCCC(=O)OCC(COC(=O)CCCCCCCCCCCC/C=C\C=C/CCCCC)OC(=O)CCCCCCCCCCCCCCCC. The van der Waals surface area contributed by atoms with Crippen molar-refractivity contribution in [3.05, 3.63) is 48.6 Å². The van der Waals surface area contributed by atoms with Crippen molar-refractivity contribution in [2.45, 2.75) is 277 Å². The molecule has 0 N–H and O–H groups in total. The Bertz CT molecular complexity index is 1090. The van der Waals surface area contributed by atoms with Crippen LogP contribution < -0.4 is 0 Å². The van der Waals surface area contributed by atoms with Gasteiger partial charge in [-0.3, -0.25) is 14.4 Å². The number of hydrogen-bond acceptors (Lipinski definition) is 6. The summed E-state index contributed by atoms with van der Waals surface area (Å²) in [6.45, 7) is 6.55. The molecule has 0 aromatic carbocycles. The van der Waals surface area contributed by atoms with E-state index in [0.29, 0.717) is 19.3 Å². The van der Waals surface area contributed by atoms with Gasteiger partial charge in [0.15, 0.2) is 6.10 Å². The lowest BCUT2D eigenvalue weighted by atomic mass is 10.0. The van der Waals surface area contributed by atoms with Crippen molar-refractivity contribution in [1.29, 1.82) is 0 Å². The highest BCUT2D eigenvalue weighted by Gasteiger charge is 2.19. The minimum Gasteiger partial charge on any atom is -0.462 e. The van der Waals surface area contributed by atoms with Gasteiger partial charge in [-0.1, -0.05) is 236 Å². The Labute approximate surface area is 384 Å². The summed E-state index contributed by atoms with van der Waals surface area (Å²) >= 11 is 0. The van der Waals surface area contributed by atoms with Gasteiger partial charge in [0.2, 0.25) is 0 Å². The Balaban J connectivity index is 4.33. The fourth-order valence-electron chi connectivity index (χ4n) is 7.53. The molecule has 6 heteroatoms. The van der Waals surface area contributed by atoms with Crippen molar-refractivity contribution in [2.24, 2.45) is 0 Å². The van der Waals surface area contributed by atoms with Gasteiger partial charge in [-0.05, 0) is 64.2 Å². The van der Waals surface area contributed by atoms with E-state index < -0.39 is 6.10 Å². The van der Waals surface area contributed by atoms with Crippen molar-refractivity contribution in [2.75, 3.05) is 13.2 Å². The maximum atomic E-state index is 12.8. The Hall–Kier alpha value is -2.63. The predicted octanol–water partition coefficient (Wildman–Crippen LogP) is 17.5. The number of unbranched alkanes of at least 4 members (excludes halogenated alkanes) is 31. The molecule has 360 valence electrons. The lowest BCUT2D eigenvalue weighted by Gasteiger charge is -2.18. The highest BCUT2D eigenvalue weighted by molar-refractivity contribution is 5.71. The average Bonchev–Trinajstić information content (AvgIpc) is 3.27. The second kappa shape index (κ2) is 51.0. The van der Waals surface area contributed by atoms with Crippen molar-refractivity contribution in [3.63, 3.8) is 0 Å². The number of carbonyl (C=O) groups excluding carboxylic acids is 3. The van der Waals surface area contributed by atoms with E-state index in [4.69, 9.17) is 14.2 Å². The molecule has 0 saturated heterocycles. The van der Waals surface area contributed by atoms with Crippen molar-refractivity contribution in [3.8, 4) is 0 Å². The monoisotopic (exact) mass is 869 g/mol. The fourth-order valence-corrected chi connectivity index (χ4v) is 7.53. The quantitative estimate of drug-likeness (QED) is 0.0262. The van der Waals surface area contributed by atoms with Gasteiger partial charge in [-0.2, -0.15) is 0 Å². The molecule has 0 aliphatic carbocycles. The lowest BCUT2D eigenvalue weighted by Crippen LogP contribution is -2.30. The van der Waals surface area contributed by atoms with E-state index >= 15 is 0 Å². The van der Waals surface area contributed by atoms with Crippen LogP contribution >= 0.6 is 0 Å². The molecule has 1 unspecified atom stereocenters. The van der Waals surface area contributed by atoms with Gasteiger partial charge >= 0.3 is 17.9 Å². The highest BCUT2D eigenvalue weighted by atomic mass is 16.6. The zero-order valence-corrected chi connectivity index (χ0v) is 41.1. The van der Waals surface area contributed by atoms with E-state index in [9.17, 15) is 14.4 Å². The van der Waals surface area contributed by atoms with E-state index in [2.05, 4.69) is 69.4 Å². The highest BCUT2D eigenvalue weighted by Crippen LogP contribution is 2.16. The van der Waals surface area contributed by atoms with Gasteiger partial charge in [0.05, 0.1) is 0 Å². The molecule has 0 aromatic heterocycles. The zero-order valence-electron chi connectivity index (χ0n) is 41.1. The minimum absolute atomic E-state index is 0.0811. The van der Waals surface area contributed by atoms with Crippen LogP contribution in [-0.4, -0.2) is 37.2 Å². The van der Waals surface area contributed by atoms with Crippen LogP contribution in [0.25, 0.3) is 0 Å².